The molecule has 0 radical (unpaired) electrons. The molecule has 3 atom stereocenters. The quantitative estimate of drug-likeness (QED) is 0.640. The third-order valence-corrected chi connectivity index (χ3v) is 4.29. The third kappa shape index (κ3) is 3.59. The molecular weight excluding hydrogens is 270 g/mol. The van der Waals surface area contributed by atoms with Crippen molar-refractivity contribution in [3.05, 3.63) is 16.4 Å². The summed E-state index contributed by atoms with van der Waals surface area (Å²) >= 11 is 0. The van der Waals surface area contributed by atoms with E-state index in [0.717, 1.165) is 19.3 Å². The van der Waals surface area contributed by atoms with Crippen LogP contribution in [0.25, 0.3) is 0 Å². The van der Waals surface area contributed by atoms with Crippen LogP contribution in [-0.2, 0) is 0 Å². The third-order valence-electron chi connectivity index (χ3n) is 4.29. The smallest absolute Gasteiger partial charge is 0.353 e. The lowest BCUT2D eigenvalue weighted by atomic mass is 9.79. The number of hydrogen-bond acceptors (Lipinski definition) is 6. The Morgan fingerprint density at radius 3 is 2.62 bits per heavy atom. The summed E-state index contributed by atoms with van der Waals surface area (Å²) in [5, 5.41) is 17.5. The van der Waals surface area contributed by atoms with Gasteiger partial charge in [0.15, 0.2) is 0 Å². The van der Waals surface area contributed by atoms with Crippen LogP contribution in [0.1, 0.15) is 40.0 Å². The molecule has 1 aromatic heterocycles. The highest BCUT2D eigenvalue weighted by molar-refractivity contribution is 5.69. The highest BCUT2D eigenvalue weighted by Gasteiger charge is 2.28. The lowest BCUT2D eigenvalue weighted by molar-refractivity contribution is -0.383. The van der Waals surface area contributed by atoms with Crippen LogP contribution in [0.15, 0.2) is 6.33 Å². The van der Waals surface area contributed by atoms with Crippen LogP contribution in [0.3, 0.4) is 0 Å². The second kappa shape index (κ2) is 6.69. The first-order valence-corrected chi connectivity index (χ1v) is 7.52. The van der Waals surface area contributed by atoms with Gasteiger partial charge in [0.2, 0.25) is 11.6 Å². The Kier molecular flexibility index (Phi) is 4.93. The van der Waals surface area contributed by atoms with E-state index >= 15 is 0 Å². The molecule has 1 aliphatic rings. The van der Waals surface area contributed by atoms with Gasteiger partial charge in [-0.2, -0.15) is 0 Å². The van der Waals surface area contributed by atoms with E-state index in [1.807, 2.05) is 6.92 Å². The number of hydrogen-bond donors (Lipinski definition) is 2. The van der Waals surface area contributed by atoms with E-state index in [4.69, 9.17) is 0 Å². The van der Waals surface area contributed by atoms with E-state index in [-0.39, 0.29) is 17.5 Å². The SMILES string of the molecule is CCNc1ncnc(NC2CCC(C)C(C)C2)c1[N+](=O)[O-]. The van der Waals surface area contributed by atoms with Gasteiger partial charge in [0, 0.05) is 12.6 Å². The fraction of sp³-hybridized carbons (Fsp3) is 0.714. The number of nitro groups is 1. The highest BCUT2D eigenvalue weighted by Crippen LogP contribution is 2.34. The van der Waals surface area contributed by atoms with E-state index in [1.54, 1.807) is 0 Å². The number of nitrogens with zero attached hydrogens (tertiary/aromatic N) is 3. The van der Waals surface area contributed by atoms with Crippen LogP contribution >= 0.6 is 0 Å². The van der Waals surface area contributed by atoms with E-state index in [9.17, 15) is 10.1 Å². The van der Waals surface area contributed by atoms with Gasteiger partial charge in [-0.25, -0.2) is 9.97 Å². The molecule has 1 fully saturated rings. The average Bonchev–Trinajstić information content (AvgIpc) is 2.43. The molecule has 0 spiro atoms. The summed E-state index contributed by atoms with van der Waals surface area (Å²) in [5.41, 5.74) is -0.0642. The van der Waals surface area contributed by atoms with Crippen molar-refractivity contribution in [1.29, 1.82) is 0 Å². The van der Waals surface area contributed by atoms with E-state index in [2.05, 4.69) is 34.4 Å². The molecule has 7 heteroatoms. The predicted octanol–water partition coefficient (Wildman–Crippen LogP) is 3.05. The van der Waals surface area contributed by atoms with Crippen molar-refractivity contribution >= 4 is 17.3 Å². The van der Waals surface area contributed by atoms with Gasteiger partial charge >= 0.3 is 5.69 Å². The molecule has 0 aliphatic heterocycles. The average molecular weight is 293 g/mol. The largest absolute Gasteiger partial charge is 0.364 e. The minimum absolute atomic E-state index is 0.0642. The first-order chi connectivity index (χ1) is 10.0. The monoisotopic (exact) mass is 293 g/mol. The molecule has 2 rings (SSSR count). The van der Waals surface area contributed by atoms with Crippen LogP contribution in [0.2, 0.25) is 0 Å². The van der Waals surface area contributed by atoms with Crippen molar-refractivity contribution < 1.29 is 4.92 Å². The Morgan fingerprint density at radius 1 is 1.29 bits per heavy atom. The molecule has 0 bridgehead atoms. The van der Waals surface area contributed by atoms with Crippen LogP contribution in [0.4, 0.5) is 17.3 Å². The molecule has 116 valence electrons. The summed E-state index contributed by atoms with van der Waals surface area (Å²) in [4.78, 5) is 18.9. The number of aromatic nitrogens is 2. The molecule has 1 aromatic rings. The Balaban J connectivity index is 2.19. The van der Waals surface area contributed by atoms with Crippen molar-refractivity contribution in [2.45, 2.75) is 46.1 Å². The Hall–Kier alpha value is -1.92. The molecule has 0 aromatic carbocycles. The zero-order valence-corrected chi connectivity index (χ0v) is 12.8. The lowest BCUT2D eigenvalue weighted by Gasteiger charge is -2.32. The van der Waals surface area contributed by atoms with E-state index < -0.39 is 4.92 Å². The number of nitrogens with one attached hydrogen (secondary N) is 2. The van der Waals surface area contributed by atoms with Gasteiger partial charge in [0.05, 0.1) is 4.92 Å². The Labute approximate surface area is 124 Å². The van der Waals surface area contributed by atoms with Crippen LogP contribution in [-0.4, -0.2) is 27.5 Å². The number of rotatable bonds is 5. The molecule has 1 heterocycles. The fourth-order valence-electron chi connectivity index (χ4n) is 2.83. The van der Waals surface area contributed by atoms with Gasteiger partial charge in [-0.15, -0.1) is 0 Å². The van der Waals surface area contributed by atoms with Crippen LogP contribution in [0.5, 0.6) is 0 Å². The normalized spacial score (nSPS) is 25.4. The number of anilines is 2. The van der Waals surface area contributed by atoms with Gasteiger partial charge in [-0.05, 0) is 38.0 Å². The molecule has 7 nitrogen and oxygen atoms in total. The summed E-state index contributed by atoms with van der Waals surface area (Å²) in [5.74, 6) is 1.92. The summed E-state index contributed by atoms with van der Waals surface area (Å²) < 4.78 is 0. The molecule has 3 unspecified atom stereocenters. The predicted molar refractivity (Wildman–Crippen MR) is 82.4 cm³/mol. The first kappa shape index (κ1) is 15.5. The minimum Gasteiger partial charge on any atom is -0.364 e. The molecule has 1 saturated carbocycles. The topological polar surface area (TPSA) is 93.0 Å². The van der Waals surface area contributed by atoms with Gasteiger partial charge in [0.25, 0.3) is 0 Å². The Morgan fingerprint density at radius 2 is 2.00 bits per heavy atom. The summed E-state index contributed by atoms with van der Waals surface area (Å²) in [6.07, 6.45) is 4.53. The molecule has 0 saturated heterocycles. The molecule has 0 amide bonds. The van der Waals surface area contributed by atoms with Gasteiger partial charge in [-0.3, -0.25) is 10.1 Å². The van der Waals surface area contributed by atoms with Crippen LogP contribution in [0, 0.1) is 22.0 Å². The van der Waals surface area contributed by atoms with Crippen molar-refractivity contribution in [3.8, 4) is 0 Å². The maximum absolute atomic E-state index is 11.3. The maximum atomic E-state index is 11.3. The van der Waals surface area contributed by atoms with Crippen molar-refractivity contribution in [2.75, 3.05) is 17.2 Å². The molecular formula is C14H23N5O2. The van der Waals surface area contributed by atoms with Gasteiger partial charge < -0.3 is 10.6 Å². The molecule has 21 heavy (non-hydrogen) atoms. The standard InChI is InChI=1S/C14H23N5O2/c1-4-15-13-12(19(20)21)14(17-8-16-13)18-11-6-5-9(2)10(3)7-11/h8-11H,4-7H2,1-3H3,(H2,15,16,17,18). The van der Waals surface area contributed by atoms with E-state index in [0.29, 0.717) is 24.2 Å². The minimum atomic E-state index is -0.421. The highest BCUT2D eigenvalue weighted by atomic mass is 16.6. The summed E-state index contributed by atoms with van der Waals surface area (Å²) in [6, 6.07) is 0.235. The second-order valence-corrected chi connectivity index (χ2v) is 5.82. The van der Waals surface area contributed by atoms with Gasteiger partial charge in [-0.1, -0.05) is 13.8 Å². The summed E-state index contributed by atoms with van der Waals surface area (Å²) in [7, 11) is 0. The lowest BCUT2D eigenvalue weighted by Crippen LogP contribution is -2.31. The maximum Gasteiger partial charge on any atom is 0.353 e. The second-order valence-electron chi connectivity index (χ2n) is 5.82. The van der Waals surface area contributed by atoms with Gasteiger partial charge in [0.1, 0.15) is 6.33 Å². The first-order valence-electron chi connectivity index (χ1n) is 7.52. The van der Waals surface area contributed by atoms with Crippen LogP contribution < -0.4 is 10.6 Å². The zero-order chi connectivity index (χ0) is 15.4. The zero-order valence-electron chi connectivity index (χ0n) is 12.8. The van der Waals surface area contributed by atoms with E-state index in [1.165, 1.54) is 6.33 Å². The Bertz CT molecular complexity index is 508. The summed E-state index contributed by atoms with van der Waals surface area (Å²) in [6.45, 7) is 6.95. The molecule has 1 aliphatic carbocycles. The van der Waals surface area contributed by atoms with Crippen molar-refractivity contribution in [1.82, 2.24) is 9.97 Å². The van der Waals surface area contributed by atoms with Crippen molar-refractivity contribution in [2.24, 2.45) is 11.8 Å². The molecule has 2 N–H and O–H groups in total. The fourth-order valence-corrected chi connectivity index (χ4v) is 2.83. The van der Waals surface area contributed by atoms with Crippen molar-refractivity contribution in [3.63, 3.8) is 0 Å².